The first-order valence-corrected chi connectivity index (χ1v) is 9.65. The lowest BCUT2D eigenvalue weighted by Gasteiger charge is -2.33. The van der Waals surface area contributed by atoms with E-state index in [0.29, 0.717) is 18.8 Å². The fraction of sp³-hybridized carbons (Fsp3) is 0.474. The van der Waals surface area contributed by atoms with Gasteiger partial charge in [-0.2, -0.15) is 4.39 Å². The highest BCUT2D eigenvalue weighted by molar-refractivity contribution is 6.08. The largest absolute Gasteiger partial charge is 0.454 e. The van der Waals surface area contributed by atoms with Crippen molar-refractivity contribution in [3.8, 4) is 0 Å². The number of rotatable bonds is 6. The highest BCUT2D eigenvalue weighted by Gasteiger charge is 2.52. The second-order valence-electron chi connectivity index (χ2n) is 7.72. The molecule has 1 spiro atoms. The van der Waals surface area contributed by atoms with Crippen LogP contribution in [0, 0.1) is 21.8 Å². The van der Waals surface area contributed by atoms with E-state index in [1.807, 2.05) is 0 Å². The topological polar surface area (TPSA) is 148 Å². The Hall–Kier alpha value is -3.57. The number of hydrogen-bond donors (Lipinski definition) is 2. The minimum atomic E-state index is -1.06. The van der Waals surface area contributed by atoms with Gasteiger partial charge in [0, 0.05) is 11.8 Å². The minimum Gasteiger partial charge on any atom is -0.454 e. The molecule has 0 atom stereocenters. The van der Waals surface area contributed by atoms with Crippen LogP contribution in [0.3, 0.4) is 0 Å². The van der Waals surface area contributed by atoms with Crippen LogP contribution in [0.25, 0.3) is 0 Å². The van der Waals surface area contributed by atoms with E-state index in [-0.39, 0.29) is 5.69 Å². The SMILES string of the molecule is CC1CCC2(CC1)NC(=O)N(CC(=O)OCC(=O)Nc1ccc(F)c([N+](=O)[O-])c1)C2=O. The Morgan fingerprint density at radius 2 is 2.03 bits per heavy atom. The molecule has 2 fully saturated rings. The molecule has 31 heavy (non-hydrogen) atoms. The number of nitro benzene ring substituents is 1. The molecular formula is C19H21FN4O7. The molecular weight excluding hydrogens is 415 g/mol. The molecule has 1 saturated carbocycles. The molecule has 1 aromatic rings. The summed E-state index contributed by atoms with van der Waals surface area (Å²) in [4.78, 5) is 59.4. The van der Waals surface area contributed by atoms with Gasteiger partial charge in [0.2, 0.25) is 5.82 Å². The summed E-state index contributed by atoms with van der Waals surface area (Å²) in [5.41, 5.74) is -1.87. The molecule has 0 bridgehead atoms. The number of carbonyl (C=O) groups is 4. The number of amides is 4. The van der Waals surface area contributed by atoms with Gasteiger partial charge >= 0.3 is 17.7 Å². The molecule has 11 nitrogen and oxygen atoms in total. The molecule has 1 saturated heterocycles. The smallest absolute Gasteiger partial charge is 0.326 e. The molecule has 2 N–H and O–H groups in total. The van der Waals surface area contributed by atoms with Gasteiger partial charge in [-0.1, -0.05) is 6.92 Å². The van der Waals surface area contributed by atoms with E-state index in [0.717, 1.165) is 35.9 Å². The summed E-state index contributed by atoms with van der Waals surface area (Å²) >= 11 is 0. The number of halogens is 1. The van der Waals surface area contributed by atoms with Gasteiger partial charge in [-0.3, -0.25) is 29.4 Å². The molecule has 1 heterocycles. The number of hydrogen-bond acceptors (Lipinski definition) is 7. The van der Waals surface area contributed by atoms with Crippen LogP contribution in [0.4, 0.5) is 20.6 Å². The minimum absolute atomic E-state index is 0.0586. The monoisotopic (exact) mass is 436 g/mol. The lowest BCUT2D eigenvalue weighted by molar-refractivity contribution is -0.387. The first-order valence-electron chi connectivity index (χ1n) is 9.65. The van der Waals surface area contributed by atoms with Crippen LogP contribution >= 0.6 is 0 Å². The van der Waals surface area contributed by atoms with E-state index < -0.39 is 58.9 Å². The molecule has 0 radical (unpaired) electrons. The lowest BCUT2D eigenvalue weighted by Crippen LogP contribution is -2.49. The molecule has 12 heteroatoms. The number of urea groups is 1. The van der Waals surface area contributed by atoms with E-state index in [1.54, 1.807) is 0 Å². The summed E-state index contributed by atoms with van der Waals surface area (Å²) in [6.07, 6.45) is 2.56. The summed E-state index contributed by atoms with van der Waals surface area (Å²) < 4.78 is 18.1. The fourth-order valence-electron chi connectivity index (χ4n) is 3.66. The van der Waals surface area contributed by atoms with Crippen molar-refractivity contribution in [1.29, 1.82) is 0 Å². The Bertz CT molecular complexity index is 943. The molecule has 2 aliphatic rings. The van der Waals surface area contributed by atoms with Gasteiger partial charge in [0.15, 0.2) is 6.61 Å². The number of nitro groups is 1. The van der Waals surface area contributed by atoms with Gasteiger partial charge in [-0.25, -0.2) is 4.79 Å². The van der Waals surface area contributed by atoms with E-state index in [4.69, 9.17) is 4.74 Å². The van der Waals surface area contributed by atoms with Crippen LogP contribution in [-0.2, 0) is 19.1 Å². The number of anilines is 1. The zero-order chi connectivity index (χ0) is 22.8. The van der Waals surface area contributed by atoms with Crippen LogP contribution in [0.2, 0.25) is 0 Å². The molecule has 1 aliphatic carbocycles. The van der Waals surface area contributed by atoms with Gasteiger partial charge in [0.25, 0.3) is 11.8 Å². The Labute approximate surface area is 176 Å². The van der Waals surface area contributed by atoms with Crippen molar-refractivity contribution in [1.82, 2.24) is 10.2 Å². The fourth-order valence-corrected chi connectivity index (χ4v) is 3.66. The average molecular weight is 436 g/mol. The van der Waals surface area contributed by atoms with Crippen LogP contribution in [0.5, 0.6) is 0 Å². The van der Waals surface area contributed by atoms with Gasteiger partial charge in [0.05, 0.1) is 4.92 Å². The van der Waals surface area contributed by atoms with Crippen molar-refractivity contribution in [2.24, 2.45) is 5.92 Å². The number of nitrogens with zero attached hydrogens (tertiary/aromatic N) is 2. The maximum atomic E-state index is 13.3. The van der Waals surface area contributed by atoms with Crippen molar-refractivity contribution in [3.63, 3.8) is 0 Å². The molecule has 1 aromatic carbocycles. The third-order valence-corrected chi connectivity index (χ3v) is 5.45. The highest BCUT2D eigenvalue weighted by atomic mass is 19.1. The summed E-state index contributed by atoms with van der Waals surface area (Å²) in [5.74, 6) is -2.89. The van der Waals surface area contributed by atoms with Gasteiger partial charge in [-0.05, 0) is 43.7 Å². The van der Waals surface area contributed by atoms with Crippen molar-refractivity contribution in [3.05, 3.63) is 34.1 Å². The van der Waals surface area contributed by atoms with E-state index in [1.165, 1.54) is 0 Å². The number of carbonyl (C=O) groups excluding carboxylic acids is 4. The second kappa shape index (κ2) is 8.66. The van der Waals surface area contributed by atoms with Crippen LogP contribution in [0.15, 0.2) is 18.2 Å². The van der Waals surface area contributed by atoms with Crippen molar-refractivity contribution >= 4 is 35.2 Å². The summed E-state index contributed by atoms with van der Waals surface area (Å²) in [7, 11) is 0. The van der Waals surface area contributed by atoms with Gasteiger partial charge in [-0.15, -0.1) is 0 Å². The van der Waals surface area contributed by atoms with E-state index in [9.17, 15) is 33.7 Å². The first-order chi connectivity index (χ1) is 14.6. The molecule has 4 amide bonds. The van der Waals surface area contributed by atoms with E-state index in [2.05, 4.69) is 17.6 Å². The van der Waals surface area contributed by atoms with Crippen LogP contribution < -0.4 is 10.6 Å². The predicted molar refractivity (Wildman–Crippen MR) is 103 cm³/mol. The van der Waals surface area contributed by atoms with Crippen molar-refractivity contribution < 1.29 is 33.2 Å². The van der Waals surface area contributed by atoms with E-state index >= 15 is 0 Å². The number of ether oxygens (including phenoxy) is 1. The number of benzene rings is 1. The Balaban J connectivity index is 1.51. The number of nitrogens with one attached hydrogen (secondary N) is 2. The maximum Gasteiger partial charge on any atom is 0.326 e. The summed E-state index contributed by atoms with van der Waals surface area (Å²) in [6.45, 7) is 0.673. The highest BCUT2D eigenvalue weighted by Crippen LogP contribution is 2.36. The number of esters is 1. The van der Waals surface area contributed by atoms with Crippen LogP contribution in [-0.4, -0.2) is 52.3 Å². The third kappa shape index (κ3) is 4.78. The zero-order valence-corrected chi connectivity index (χ0v) is 16.7. The lowest BCUT2D eigenvalue weighted by atomic mass is 9.77. The Morgan fingerprint density at radius 1 is 1.35 bits per heavy atom. The molecule has 1 aliphatic heterocycles. The van der Waals surface area contributed by atoms with Crippen molar-refractivity contribution in [2.75, 3.05) is 18.5 Å². The Morgan fingerprint density at radius 3 is 2.68 bits per heavy atom. The number of imide groups is 1. The van der Waals surface area contributed by atoms with Gasteiger partial charge in [0.1, 0.15) is 12.1 Å². The molecule has 166 valence electrons. The second-order valence-corrected chi connectivity index (χ2v) is 7.72. The quantitative estimate of drug-likeness (QED) is 0.298. The molecule has 3 rings (SSSR count). The zero-order valence-electron chi connectivity index (χ0n) is 16.7. The standard InChI is InChI=1S/C19H21FN4O7/c1-11-4-6-19(7-5-11)17(27)23(18(28)22-19)9-16(26)31-10-15(25)21-12-2-3-13(20)14(8-12)24(29)30/h2-3,8,11H,4-7,9-10H2,1H3,(H,21,25)(H,22,28). The average Bonchev–Trinajstić information content (AvgIpc) is 2.94. The van der Waals surface area contributed by atoms with Crippen molar-refractivity contribution in [2.45, 2.75) is 38.1 Å². The maximum absolute atomic E-state index is 13.3. The molecule has 0 unspecified atom stereocenters. The molecule has 0 aromatic heterocycles. The van der Waals surface area contributed by atoms with Gasteiger partial charge < -0.3 is 15.4 Å². The normalized spacial score (nSPS) is 22.9. The summed E-state index contributed by atoms with van der Waals surface area (Å²) in [6, 6.07) is 2.07. The summed E-state index contributed by atoms with van der Waals surface area (Å²) in [5, 5.41) is 15.7. The van der Waals surface area contributed by atoms with Crippen LogP contribution in [0.1, 0.15) is 32.6 Å². The Kier molecular flexibility index (Phi) is 6.18. The third-order valence-electron chi connectivity index (χ3n) is 5.45. The first kappa shape index (κ1) is 22.1. The predicted octanol–water partition coefficient (Wildman–Crippen LogP) is 1.72.